The maximum atomic E-state index is 12.6. The molecule has 4 rings (SSSR count). The first-order valence-electron chi connectivity index (χ1n) is 7.52. The average Bonchev–Trinajstić information content (AvgIpc) is 3.37. The highest BCUT2D eigenvalue weighted by molar-refractivity contribution is 7.13. The van der Waals surface area contributed by atoms with Gasteiger partial charge in [-0.05, 0) is 23.6 Å². The first-order valence-corrected chi connectivity index (χ1v) is 8.40. The molecule has 0 N–H and O–H groups in total. The quantitative estimate of drug-likeness (QED) is 0.525. The molecule has 0 atom stereocenters. The lowest BCUT2D eigenvalue weighted by Gasteiger charge is -2.05. The van der Waals surface area contributed by atoms with Crippen molar-refractivity contribution < 1.29 is 22.1 Å². The Morgan fingerprint density at radius 1 is 1.15 bits per heavy atom. The highest BCUT2D eigenvalue weighted by Gasteiger charge is 2.30. The van der Waals surface area contributed by atoms with Gasteiger partial charge in [0, 0.05) is 5.56 Å². The second-order valence-electron chi connectivity index (χ2n) is 5.39. The van der Waals surface area contributed by atoms with Gasteiger partial charge in [-0.15, -0.1) is 16.4 Å². The molecule has 0 unspecified atom stereocenters. The van der Waals surface area contributed by atoms with E-state index in [1.54, 1.807) is 12.1 Å². The van der Waals surface area contributed by atoms with Crippen molar-refractivity contribution in [2.75, 3.05) is 0 Å². The minimum absolute atomic E-state index is 0.0676. The molecule has 0 aliphatic carbocycles. The van der Waals surface area contributed by atoms with Gasteiger partial charge in [0.25, 0.3) is 5.89 Å². The Kier molecular flexibility index (Phi) is 4.15. The Morgan fingerprint density at radius 3 is 2.59 bits per heavy atom. The van der Waals surface area contributed by atoms with E-state index in [1.807, 2.05) is 5.38 Å². The maximum absolute atomic E-state index is 12.6. The van der Waals surface area contributed by atoms with Gasteiger partial charge < -0.3 is 8.94 Å². The van der Waals surface area contributed by atoms with E-state index in [-0.39, 0.29) is 24.2 Å². The van der Waals surface area contributed by atoms with Crippen LogP contribution in [-0.4, -0.2) is 19.9 Å². The zero-order chi connectivity index (χ0) is 19.0. The van der Waals surface area contributed by atoms with Crippen LogP contribution in [0.2, 0.25) is 0 Å². The standard InChI is InChI=1S/C16H9F3N4O3S/c17-16(18,19)10-5-3-9(4-6-10)13-20-12(26-22-13)8-23-15(24)25-14(21-23)11-2-1-7-27-11/h1-7H,8H2. The molecule has 4 aromatic rings. The summed E-state index contributed by atoms with van der Waals surface area (Å²) in [5, 5.41) is 9.61. The van der Waals surface area contributed by atoms with Crippen LogP contribution < -0.4 is 5.76 Å². The van der Waals surface area contributed by atoms with Crippen LogP contribution in [0.25, 0.3) is 22.2 Å². The topological polar surface area (TPSA) is 87.0 Å². The maximum Gasteiger partial charge on any atom is 0.437 e. The van der Waals surface area contributed by atoms with Gasteiger partial charge in [0.15, 0.2) is 0 Å². The number of nitrogens with zero attached hydrogens (tertiary/aromatic N) is 4. The summed E-state index contributed by atoms with van der Waals surface area (Å²) in [6, 6.07) is 7.91. The Hall–Kier alpha value is -3.21. The summed E-state index contributed by atoms with van der Waals surface area (Å²) in [7, 11) is 0. The van der Waals surface area contributed by atoms with E-state index in [4.69, 9.17) is 8.94 Å². The van der Waals surface area contributed by atoms with Gasteiger partial charge in [-0.25, -0.2) is 4.79 Å². The van der Waals surface area contributed by atoms with E-state index in [0.29, 0.717) is 10.4 Å². The van der Waals surface area contributed by atoms with Gasteiger partial charge in [0.05, 0.1) is 10.4 Å². The number of halogens is 3. The summed E-state index contributed by atoms with van der Waals surface area (Å²) in [6.07, 6.45) is -4.42. The van der Waals surface area contributed by atoms with Crippen LogP contribution in [0.3, 0.4) is 0 Å². The van der Waals surface area contributed by atoms with Gasteiger partial charge in [-0.1, -0.05) is 23.4 Å². The van der Waals surface area contributed by atoms with Crippen molar-refractivity contribution in [3.63, 3.8) is 0 Å². The highest BCUT2D eigenvalue weighted by Crippen LogP contribution is 2.30. The Balaban J connectivity index is 1.54. The first-order chi connectivity index (χ1) is 12.9. The summed E-state index contributed by atoms with van der Waals surface area (Å²) < 4.78 is 49.0. The minimum Gasteiger partial charge on any atom is -0.387 e. The first kappa shape index (κ1) is 17.2. The fourth-order valence-corrected chi connectivity index (χ4v) is 2.92. The van der Waals surface area contributed by atoms with Crippen LogP contribution >= 0.6 is 11.3 Å². The highest BCUT2D eigenvalue weighted by atomic mass is 32.1. The largest absolute Gasteiger partial charge is 0.437 e. The number of alkyl halides is 3. The second kappa shape index (κ2) is 6.50. The summed E-state index contributed by atoms with van der Waals surface area (Å²) >= 11 is 1.37. The van der Waals surface area contributed by atoms with Gasteiger partial charge >= 0.3 is 11.9 Å². The van der Waals surface area contributed by atoms with Gasteiger partial charge in [-0.3, -0.25) is 0 Å². The van der Waals surface area contributed by atoms with E-state index < -0.39 is 17.5 Å². The molecule has 0 bridgehead atoms. The molecule has 0 aliphatic rings. The molecular formula is C16H9F3N4O3S. The van der Waals surface area contributed by atoms with E-state index in [9.17, 15) is 18.0 Å². The predicted molar refractivity (Wildman–Crippen MR) is 87.9 cm³/mol. The van der Waals surface area contributed by atoms with Crippen LogP contribution in [-0.2, 0) is 12.7 Å². The molecule has 3 aromatic heterocycles. The van der Waals surface area contributed by atoms with E-state index in [0.717, 1.165) is 16.8 Å². The third kappa shape index (κ3) is 3.53. The molecule has 27 heavy (non-hydrogen) atoms. The van der Waals surface area contributed by atoms with Crippen molar-refractivity contribution in [3.8, 4) is 22.2 Å². The number of aromatic nitrogens is 4. The monoisotopic (exact) mass is 394 g/mol. The predicted octanol–water partition coefficient (Wildman–Crippen LogP) is 3.68. The average molecular weight is 394 g/mol. The molecular weight excluding hydrogens is 385 g/mol. The molecule has 0 fully saturated rings. The molecule has 3 heterocycles. The Bertz CT molecular complexity index is 1110. The van der Waals surface area contributed by atoms with Crippen molar-refractivity contribution in [2.24, 2.45) is 0 Å². The summed E-state index contributed by atoms with van der Waals surface area (Å²) in [6.45, 7) is -0.124. The lowest BCUT2D eigenvalue weighted by Crippen LogP contribution is -2.16. The van der Waals surface area contributed by atoms with Crippen LogP contribution in [0.1, 0.15) is 11.5 Å². The second-order valence-corrected chi connectivity index (χ2v) is 6.34. The summed E-state index contributed by atoms with van der Waals surface area (Å²) in [5.74, 6) is -0.336. The molecule has 0 aliphatic heterocycles. The molecule has 11 heteroatoms. The molecule has 0 saturated carbocycles. The summed E-state index contributed by atoms with van der Waals surface area (Å²) in [5.41, 5.74) is -0.421. The van der Waals surface area contributed by atoms with Gasteiger partial charge in [-0.2, -0.15) is 22.8 Å². The number of rotatable bonds is 4. The van der Waals surface area contributed by atoms with Crippen molar-refractivity contribution in [1.82, 2.24) is 19.9 Å². The van der Waals surface area contributed by atoms with Gasteiger partial charge in [0.2, 0.25) is 11.7 Å². The van der Waals surface area contributed by atoms with E-state index >= 15 is 0 Å². The number of hydrogen-bond acceptors (Lipinski definition) is 7. The zero-order valence-corrected chi connectivity index (χ0v) is 14.1. The van der Waals surface area contributed by atoms with Crippen LogP contribution in [0.15, 0.2) is 55.5 Å². The third-order valence-electron chi connectivity index (χ3n) is 3.56. The molecule has 138 valence electrons. The van der Waals surface area contributed by atoms with E-state index in [2.05, 4.69) is 15.2 Å². The normalized spacial score (nSPS) is 11.8. The number of hydrogen-bond donors (Lipinski definition) is 0. The fraction of sp³-hybridized carbons (Fsp3) is 0.125. The van der Waals surface area contributed by atoms with Crippen molar-refractivity contribution in [2.45, 2.75) is 12.7 Å². The molecule has 0 spiro atoms. The minimum atomic E-state index is -4.42. The third-order valence-corrected chi connectivity index (χ3v) is 4.42. The lowest BCUT2D eigenvalue weighted by molar-refractivity contribution is -0.137. The van der Waals surface area contributed by atoms with E-state index in [1.165, 1.54) is 23.5 Å². The zero-order valence-electron chi connectivity index (χ0n) is 13.3. The van der Waals surface area contributed by atoms with Crippen LogP contribution in [0.4, 0.5) is 13.2 Å². The van der Waals surface area contributed by atoms with Crippen LogP contribution in [0.5, 0.6) is 0 Å². The SMILES string of the molecule is O=c1oc(-c2cccs2)nn1Cc1nc(-c2ccc(C(F)(F)F)cc2)no1. The number of thiophene rings is 1. The molecule has 0 saturated heterocycles. The van der Waals surface area contributed by atoms with Crippen LogP contribution in [0, 0.1) is 0 Å². The molecule has 7 nitrogen and oxygen atoms in total. The molecule has 1 aromatic carbocycles. The summed E-state index contributed by atoms with van der Waals surface area (Å²) in [4.78, 5) is 16.7. The van der Waals surface area contributed by atoms with Crippen molar-refractivity contribution in [3.05, 3.63) is 63.8 Å². The molecule has 0 radical (unpaired) electrons. The van der Waals surface area contributed by atoms with Crippen molar-refractivity contribution >= 4 is 11.3 Å². The lowest BCUT2D eigenvalue weighted by atomic mass is 10.1. The molecule has 0 amide bonds. The van der Waals surface area contributed by atoms with Crippen molar-refractivity contribution in [1.29, 1.82) is 0 Å². The van der Waals surface area contributed by atoms with Gasteiger partial charge in [0.1, 0.15) is 6.54 Å². The number of benzene rings is 1. The smallest absolute Gasteiger partial charge is 0.387 e. The fourth-order valence-electron chi connectivity index (χ4n) is 2.28. The Labute approximate surface area is 152 Å². The Morgan fingerprint density at radius 2 is 1.93 bits per heavy atom.